The number of aromatic nitrogens is 2. The number of amides is 1. The molecule has 1 amide bonds. The predicted octanol–water partition coefficient (Wildman–Crippen LogP) is 1.20. The van der Waals surface area contributed by atoms with E-state index < -0.39 is 0 Å². The highest BCUT2D eigenvalue weighted by Crippen LogP contribution is 2.24. The van der Waals surface area contributed by atoms with Crippen LogP contribution in [0.5, 0.6) is 0 Å². The summed E-state index contributed by atoms with van der Waals surface area (Å²) in [5, 5.41) is 2.88. The van der Waals surface area contributed by atoms with Gasteiger partial charge in [0.2, 0.25) is 11.9 Å². The quantitative estimate of drug-likeness (QED) is 0.884. The van der Waals surface area contributed by atoms with E-state index in [1.54, 1.807) is 32.2 Å². The average molecular weight is 316 g/mol. The van der Waals surface area contributed by atoms with Gasteiger partial charge in [0.15, 0.2) is 0 Å². The molecule has 0 saturated heterocycles. The Bertz CT molecular complexity index is 424. The number of likely N-dealkylation sites (N-methyl/N-ethyl adjacent to an activating group) is 2. The first-order valence-corrected chi connectivity index (χ1v) is 6.44. The molecule has 18 heavy (non-hydrogen) atoms. The van der Waals surface area contributed by atoms with Gasteiger partial charge in [-0.2, -0.15) is 4.98 Å². The molecule has 0 bridgehead atoms. The molecular formula is C11H18BrN5O. The van der Waals surface area contributed by atoms with E-state index in [1.807, 2.05) is 11.8 Å². The summed E-state index contributed by atoms with van der Waals surface area (Å²) in [4.78, 5) is 23.7. The van der Waals surface area contributed by atoms with Crippen molar-refractivity contribution >= 4 is 33.6 Å². The van der Waals surface area contributed by atoms with Crippen molar-refractivity contribution in [2.24, 2.45) is 0 Å². The maximum absolute atomic E-state index is 11.8. The van der Waals surface area contributed by atoms with Crippen LogP contribution in [0.2, 0.25) is 0 Å². The Labute approximate surface area is 116 Å². The Morgan fingerprint density at radius 1 is 1.50 bits per heavy atom. The molecule has 1 aromatic rings. The van der Waals surface area contributed by atoms with Crippen LogP contribution < -0.4 is 10.2 Å². The molecule has 1 aromatic heterocycles. The predicted molar refractivity (Wildman–Crippen MR) is 75.9 cm³/mol. The Morgan fingerprint density at radius 2 is 2.17 bits per heavy atom. The van der Waals surface area contributed by atoms with E-state index in [-0.39, 0.29) is 5.91 Å². The highest BCUT2D eigenvalue weighted by molar-refractivity contribution is 9.10. The second kappa shape index (κ2) is 6.53. The standard InChI is InChI=1S/C11H18BrN5O/c1-5-17(7-9(18)16(3)4)10-8(12)6-14-11(13-2)15-10/h6H,5,7H2,1-4H3,(H,13,14,15). The molecule has 6 nitrogen and oxygen atoms in total. The second-order valence-electron chi connectivity index (χ2n) is 3.92. The third-order valence-corrected chi connectivity index (χ3v) is 3.01. The van der Waals surface area contributed by atoms with Crippen LogP contribution in [0.4, 0.5) is 11.8 Å². The van der Waals surface area contributed by atoms with Gasteiger partial charge >= 0.3 is 0 Å². The molecule has 7 heteroatoms. The van der Waals surface area contributed by atoms with E-state index >= 15 is 0 Å². The van der Waals surface area contributed by atoms with Crippen molar-refractivity contribution in [1.82, 2.24) is 14.9 Å². The maximum Gasteiger partial charge on any atom is 0.241 e. The zero-order chi connectivity index (χ0) is 13.7. The SMILES string of the molecule is CCN(CC(=O)N(C)C)c1nc(NC)ncc1Br. The number of hydrogen-bond donors (Lipinski definition) is 1. The molecule has 0 unspecified atom stereocenters. The lowest BCUT2D eigenvalue weighted by molar-refractivity contribution is -0.127. The van der Waals surface area contributed by atoms with Gasteiger partial charge in [-0.3, -0.25) is 4.79 Å². The van der Waals surface area contributed by atoms with Gasteiger partial charge in [-0.05, 0) is 22.9 Å². The molecular weight excluding hydrogens is 298 g/mol. The van der Waals surface area contributed by atoms with Crippen molar-refractivity contribution < 1.29 is 4.79 Å². The fourth-order valence-corrected chi connectivity index (χ4v) is 1.78. The van der Waals surface area contributed by atoms with Crippen LogP contribution in [-0.4, -0.2) is 55.0 Å². The largest absolute Gasteiger partial charge is 0.357 e. The first-order chi connectivity index (χ1) is 8.49. The zero-order valence-corrected chi connectivity index (χ0v) is 12.7. The highest BCUT2D eigenvalue weighted by Gasteiger charge is 2.16. The lowest BCUT2D eigenvalue weighted by Gasteiger charge is -2.24. The summed E-state index contributed by atoms with van der Waals surface area (Å²) in [5.74, 6) is 1.28. The highest BCUT2D eigenvalue weighted by atomic mass is 79.9. The van der Waals surface area contributed by atoms with Gasteiger partial charge in [-0.25, -0.2) is 4.98 Å². The number of nitrogens with one attached hydrogen (secondary N) is 1. The van der Waals surface area contributed by atoms with Crippen LogP contribution in [0, 0.1) is 0 Å². The number of nitrogens with zero attached hydrogens (tertiary/aromatic N) is 4. The van der Waals surface area contributed by atoms with E-state index in [2.05, 4.69) is 31.2 Å². The summed E-state index contributed by atoms with van der Waals surface area (Å²) in [6, 6.07) is 0. The van der Waals surface area contributed by atoms with Gasteiger partial charge in [0.25, 0.3) is 0 Å². The summed E-state index contributed by atoms with van der Waals surface area (Å²) in [5.41, 5.74) is 0. The van der Waals surface area contributed by atoms with Gasteiger partial charge in [0, 0.05) is 33.9 Å². The normalized spacial score (nSPS) is 10.1. The molecule has 0 aliphatic carbocycles. The lowest BCUT2D eigenvalue weighted by atomic mass is 10.4. The molecule has 100 valence electrons. The smallest absolute Gasteiger partial charge is 0.241 e. The summed E-state index contributed by atoms with van der Waals surface area (Å²) >= 11 is 3.41. The summed E-state index contributed by atoms with van der Waals surface area (Å²) in [7, 11) is 5.24. The van der Waals surface area contributed by atoms with Crippen LogP contribution in [0.1, 0.15) is 6.92 Å². The van der Waals surface area contributed by atoms with Crippen molar-refractivity contribution in [2.75, 3.05) is 44.4 Å². The molecule has 0 radical (unpaired) electrons. The second-order valence-corrected chi connectivity index (χ2v) is 4.77. The number of carbonyl (C=O) groups is 1. The molecule has 0 fully saturated rings. The molecule has 1 heterocycles. The molecule has 0 atom stereocenters. The fourth-order valence-electron chi connectivity index (χ4n) is 1.34. The summed E-state index contributed by atoms with van der Waals surface area (Å²) in [6.07, 6.45) is 1.68. The first kappa shape index (κ1) is 14.7. The third-order valence-electron chi connectivity index (χ3n) is 2.46. The number of rotatable bonds is 5. The van der Waals surface area contributed by atoms with Crippen molar-refractivity contribution in [2.45, 2.75) is 6.92 Å². The molecule has 1 N–H and O–H groups in total. The Balaban J connectivity index is 2.97. The summed E-state index contributed by atoms with van der Waals surface area (Å²) < 4.78 is 0.773. The van der Waals surface area contributed by atoms with E-state index in [4.69, 9.17) is 0 Å². The monoisotopic (exact) mass is 315 g/mol. The number of anilines is 2. The zero-order valence-electron chi connectivity index (χ0n) is 11.1. The third kappa shape index (κ3) is 3.56. The number of carbonyl (C=O) groups excluding carboxylic acids is 1. The van der Waals surface area contributed by atoms with E-state index in [9.17, 15) is 4.79 Å². The topological polar surface area (TPSA) is 61.4 Å². The fraction of sp³-hybridized carbons (Fsp3) is 0.545. The molecule has 0 aliphatic heterocycles. The first-order valence-electron chi connectivity index (χ1n) is 5.65. The van der Waals surface area contributed by atoms with Gasteiger partial charge < -0.3 is 15.1 Å². The summed E-state index contributed by atoms with van der Waals surface area (Å²) in [6.45, 7) is 2.97. The van der Waals surface area contributed by atoms with Gasteiger partial charge in [0.1, 0.15) is 5.82 Å². The minimum absolute atomic E-state index is 0.0355. The van der Waals surface area contributed by atoms with Gasteiger partial charge in [0.05, 0.1) is 11.0 Å². The lowest BCUT2D eigenvalue weighted by Crippen LogP contribution is -2.37. The van der Waals surface area contributed by atoms with Crippen LogP contribution in [0.3, 0.4) is 0 Å². The van der Waals surface area contributed by atoms with Crippen molar-refractivity contribution in [3.8, 4) is 0 Å². The molecule has 0 aliphatic rings. The van der Waals surface area contributed by atoms with Crippen molar-refractivity contribution in [1.29, 1.82) is 0 Å². The van der Waals surface area contributed by atoms with Crippen LogP contribution in [0.15, 0.2) is 10.7 Å². The van der Waals surface area contributed by atoms with Gasteiger partial charge in [-0.1, -0.05) is 0 Å². The van der Waals surface area contributed by atoms with Crippen LogP contribution >= 0.6 is 15.9 Å². The molecule has 0 saturated carbocycles. The minimum atomic E-state index is 0.0355. The maximum atomic E-state index is 11.8. The van der Waals surface area contributed by atoms with E-state index in [0.717, 1.165) is 4.47 Å². The Hall–Kier alpha value is -1.37. The average Bonchev–Trinajstić information content (AvgIpc) is 2.36. The van der Waals surface area contributed by atoms with Crippen molar-refractivity contribution in [3.63, 3.8) is 0 Å². The van der Waals surface area contributed by atoms with E-state index in [0.29, 0.717) is 24.9 Å². The van der Waals surface area contributed by atoms with Gasteiger partial charge in [-0.15, -0.1) is 0 Å². The van der Waals surface area contributed by atoms with Crippen LogP contribution in [-0.2, 0) is 4.79 Å². The Morgan fingerprint density at radius 3 is 2.67 bits per heavy atom. The number of halogens is 1. The molecule has 1 rings (SSSR count). The molecule has 0 spiro atoms. The number of hydrogen-bond acceptors (Lipinski definition) is 5. The van der Waals surface area contributed by atoms with E-state index in [1.165, 1.54) is 0 Å². The molecule has 0 aromatic carbocycles. The van der Waals surface area contributed by atoms with Crippen molar-refractivity contribution in [3.05, 3.63) is 10.7 Å². The van der Waals surface area contributed by atoms with Crippen LogP contribution in [0.25, 0.3) is 0 Å². The Kier molecular flexibility index (Phi) is 5.33. The minimum Gasteiger partial charge on any atom is -0.357 e.